The van der Waals surface area contributed by atoms with Crippen molar-refractivity contribution in [2.24, 2.45) is 5.73 Å². The second-order valence-electron chi connectivity index (χ2n) is 2.86. The van der Waals surface area contributed by atoms with E-state index < -0.39 is 59.6 Å². The van der Waals surface area contributed by atoms with Crippen molar-refractivity contribution in [1.82, 2.24) is 0 Å². The molecule has 5 N–H and O–H groups in total. The summed E-state index contributed by atoms with van der Waals surface area (Å²) in [4.78, 5) is 22.4. The zero-order chi connectivity index (χ0) is 14.9. The number of carboxylic acid groups (broad SMARTS) is 1. The minimum absolute atomic E-state index is 0.409. The number of carbonyl (C=O) groups is 2. The monoisotopic (exact) mass is 212 g/mol. The number of hydrogen-bond acceptors (Lipinski definition) is 4. The number of nitrogens with two attached hydrogens (primary N) is 2. The van der Waals surface area contributed by atoms with Crippen molar-refractivity contribution in [3.8, 4) is 0 Å². The van der Waals surface area contributed by atoms with Crippen LogP contribution < -0.4 is 11.5 Å². The fourth-order valence-corrected chi connectivity index (χ4v) is 0.931. The average Bonchev–Trinajstić information content (AvgIpc) is 2.34. The Hall–Kier alpha value is -1.88. The summed E-state index contributed by atoms with van der Waals surface area (Å²) in [6.07, 6.45) is -0.596. The van der Waals surface area contributed by atoms with E-state index in [2.05, 4.69) is 0 Å². The third kappa shape index (κ3) is 2.78. The van der Waals surface area contributed by atoms with Crippen molar-refractivity contribution >= 4 is 17.4 Å². The number of para-hydroxylation sites is 1. The van der Waals surface area contributed by atoms with E-state index in [9.17, 15) is 9.59 Å². The van der Waals surface area contributed by atoms with Crippen LogP contribution in [0.2, 0.25) is 0 Å². The topological polar surface area (TPSA) is 106 Å². The van der Waals surface area contributed by atoms with E-state index in [1.165, 1.54) is 0 Å². The van der Waals surface area contributed by atoms with E-state index in [0.717, 1.165) is 0 Å². The highest BCUT2D eigenvalue weighted by Crippen LogP contribution is 2.13. The summed E-state index contributed by atoms with van der Waals surface area (Å²) in [6, 6.07) is -3.74. The zero-order valence-electron chi connectivity index (χ0n) is 11.7. The average molecular weight is 212 g/mol. The molecule has 80 valence electrons. The van der Waals surface area contributed by atoms with Gasteiger partial charge in [0.25, 0.3) is 0 Å². The van der Waals surface area contributed by atoms with E-state index in [4.69, 9.17) is 22.1 Å². The number of carboxylic acids is 1. The Morgan fingerprint density at radius 1 is 1.47 bits per heavy atom. The van der Waals surface area contributed by atoms with Crippen LogP contribution in [0.4, 0.5) is 5.69 Å². The first-order chi connectivity index (χ1) is 8.68. The maximum absolute atomic E-state index is 11.8. The van der Waals surface area contributed by atoms with E-state index in [0.29, 0.717) is 0 Å². The molecule has 0 aliphatic heterocycles. The van der Waals surface area contributed by atoms with Gasteiger partial charge in [-0.25, -0.2) is 0 Å². The van der Waals surface area contributed by atoms with Gasteiger partial charge in [0.05, 0.1) is 5.48 Å². The van der Waals surface area contributed by atoms with Crippen LogP contribution in [0.3, 0.4) is 0 Å². The van der Waals surface area contributed by atoms with Gasteiger partial charge in [-0.3, -0.25) is 9.59 Å². The summed E-state index contributed by atoms with van der Waals surface area (Å²) in [6.45, 7) is 0. The number of benzene rings is 1. The Balaban J connectivity index is 3.28. The molecule has 0 aromatic heterocycles. The molecule has 0 radical (unpaired) electrons. The molecule has 0 saturated carbocycles. The van der Waals surface area contributed by atoms with Crippen LogP contribution in [0.1, 0.15) is 22.3 Å². The summed E-state index contributed by atoms with van der Waals surface area (Å²) in [5.41, 5.74) is 9.86. The van der Waals surface area contributed by atoms with Crippen LogP contribution in [0, 0.1) is 0 Å². The highest BCUT2D eigenvalue weighted by Gasteiger charge is 2.18. The first kappa shape index (κ1) is 6.58. The number of carbonyl (C=O) groups excluding carboxylic acids is 1. The molecule has 5 nitrogen and oxygen atoms in total. The van der Waals surface area contributed by atoms with E-state index in [-0.39, 0.29) is 0 Å². The highest BCUT2D eigenvalue weighted by molar-refractivity contribution is 6.02. The molecule has 1 atom stereocenters. The van der Waals surface area contributed by atoms with E-state index in [1.54, 1.807) is 0 Å². The molecule has 1 aromatic rings. The number of hydrogen-bond donors (Lipinski definition) is 3. The Morgan fingerprint density at radius 3 is 2.67 bits per heavy atom. The minimum Gasteiger partial charge on any atom is -0.480 e. The summed E-state index contributed by atoms with van der Waals surface area (Å²) in [5.74, 6) is -2.22. The van der Waals surface area contributed by atoms with Crippen molar-refractivity contribution < 1.29 is 20.2 Å². The van der Waals surface area contributed by atoms with Gasteiger partial charge in [-0.05, 0) is 12.1 Å². The number of nitrogen functional groups attached to an aromatic ring is 1. The molecule has 15 heavy (non-hydrogen) atoms. The SMILES string of the molecule is [2H]c1c([2H])c([2H])c(C(=O)C[C@H](N)C(=O)O)c(N)c1[2H]. The van der Waals surface area contributed by atoms with Crippen molar-refractivity contribution in [3.05, 3.63) is 29.7 Å². The summed E-state index contributed by atoms with van der Waals surface area (Å²) in [7, 11) is 0. The van der Waals surface area contributed by atoms with Gasteiger partial charge in [-0.2, -0.15) is 0 Å². The number of aliphatic carboxylic acids is 1. The van der Waals surface area contributed by atoms with Crippen LogP contribution >= 0.6 is 0 Å². The van der Waals surface area contributed by atoms with Crippen molar-refractivity contribution in [1.29, 1.82) is 0 Å². The highest BCUT2D eigenvalue weighted by atomic mass is 16.4. The third-order valence-corrected chi connectivity index (χ3v) is 1.72. The van der Waals surface area contributed by atoms with Gasteiger partial charge in [-0.15, -0.1) is 0 Å². The lowest BCUT2D eigenvalue weighted by atomic mass is 10.0. The standard InChI is InChI=1S/C10H12N2O3/c11-7-4-2-1-3-6(7)9(13)5-8(12)10(14)15/h1-4,8H,5,11-12H2,(H,14,15)/t8-/m0/s1/i1D,2D,3D,4D. The summed E-state index contributed by atoms with van der Waals surface area (Å²) in [5, 5.41) is 8.61. The van der Waals surface area contributed by atoms with Crippen molar-refractivity contribution in [3.63, 3.8) is 0 Å². The lowest BCUT2D eigenvalue weighted by molar-refractivity contribution is -0.138. The Labute approximate surface area is 92.3 Å². The smallest absolute Gasteiger partial charge is 0.320 e. The van der Waals surface area contributed by atoms with Gasteiger partial charge in [0.2, 0.25) is 0 Å². The van der Waals surface area contributed by atoms with Gasteiger partial charge in [0.15, 0.2) is 5.78 Å². The molecule has 0 unspecified atom stereocenters. The van der Waals surface area contributed by atoms with E-state index >= 15 is 0 Å². The van der Waals surface area contributed by atoms with Crippen molar-refractivity contribution in [2.75, 3.05) is 5.73 Å². The predicted molar refractivity (Wildman–Crippen MR) is 55.4 cm³/mol. The van der Waals surface area contributed by atoms with Crippen LogP contribution in [0.15, 0.2) is 24.2 Å². The first-order valence-electron chi connectivity index (χ1n) is 6.05. The normalized spacial score (nSPS) is 15.8. The van der Waals surface area contributed by atoms with Crippen LogP contribution in [-0.2, 0) is 4.79 Å². The van der Waals surface area contributed by atoms with Crippen LogP contribution in [0.25, 0.3) is 0 Å². The molecule has 1 rings (SSSR count). The molecule has 0 saturated heterocycles. The van der Waals surface area contributed by atoms with Crippen LogP contribution in [0.5, 0.6) is 0 Å². The van der Waals surface area contributed by atoms with E-state index in [1.807, 2.05) is 0 Å². The molecule has 5 heteroatoms. The maximum atomic E-state index is 11.8. The fraction of sp³-hybridized carbons (Fsp3) is 0.200. The first-order valence-corrected chi connectivity index (χ1v) is 4.05. The second kappa shape index (κ2) is 4.56. The maximum Gasteiger partial charge on any atom is 0.320 e. The number of anilines is 1. The van der Waals surface area contributed by atoms with Gasteiger partial charge >= 0.3 is 5.97 Å². The van der Waals surface area contributed by atoms with Crippen LogP contribution in [-0.4, -0.2) is 22.9 Å². The molecule has 0 aliphatic rings. The van der Waals surface area contributed by atoms with Gasteiger partial charge in [-0.1, -0.05) is 12.1 Å². The second-order valence-corrected chi connectivity index (χ2v) is 2.86. The number of Topliss-reactive ketones (excluding diaryl/α,β-unsaturated/α-hetero) is 1. The lowest BCUT2D eigenvalue weighted by Crippen LogP contribution is -2.32. The molecule has 1 aromatic carbocycles. The lowest BCUT2D eigenvalue weighted by Gasteiger charge is -2.07. The number of rotatable bonds is 4. The Morgan fingerprint density at radius 2 is 2.07 bits per heavy atom. The Kier molecular flexibility index (Phi) is 2.00. The molecule has 0 aliphatic carbocycles. The van der Waals surface area contributed by atoms with Crippen molar-refractivity contribution in [2.45, 2.75) is 12.5 Å². The fourth-order valence-electron chi connectivity index (χ4n) is 0.931. The molecule has 0 bridgehead atoms. The largest absolute Gasteiger partial charge is 0.480 e. The summed E-state index contributed by atoms with van der Waals surface area (Å²) < 4.78 is 29.8. The molecule has 0 fully saturated rings. The molecule has 0 spiro atoms. The Bertz CT molecular complexity index is 533. The van der Waals surface area contributed by atoms with Gasteiger partial charge in [0.1, 0.15) is 6.04 Å². The molecular weight excluding hydrogens is 196 g/mol. The molecule has 0 heterocycles. The predicted octanol–water partition coefficient (Wildman–Crippen LogP) is 0.254. The minimum atomic E-state index is -1.45. The molecular formula is C10H12N2O3. The molecule has 0 amide bonds. The summed E-state index contributed by atoms with van der Waals surface area (Å²) >= 11 is 0. The quantitative estimate of drug-likeness (QED) is 0.490. The van der Waals surface area contributed by atoms with Gasteiger partial charge < -0.3 is 16.6 Å². The third-order valence-electron chi connectivity index (χ3n) is 1.72. The number of ketones is 1. The zero-order valence-corrected chi connectivity index (χ0v) is 7.70. The van der Waals surface area contributed by atoms with Gasteiger partial charge in [0, 0.05) is 17.7 Å².